The Morgan fingerprint density at radius 1 is 1.17 bits per heavy atom. The van der Waals surface area contributed by atoms with E-state index in [1.165, 1.54) is 0 Å². The predicted octanol–water partition coefficient (Wildman–Crippen LogP) is 2.90. The molecule has 7 nitrogen and oxygen atoms in total. The second-order valence-corrected chi connectivity index (χ2v) is 8.12. The maximum atomic E-state index is 12.4. The monoisotopic (exact) mass is 397 g/mol. The Bertz CT molecular complexity index is 857. The molecule has 0 bridgehead atoms. The van der Waals surface area contributed by atoms with E-state index >= 15 is 0 Å². The summed E-state index contributed by atoms with van der Waals surface area (Å²) >= 11 is 0. The van der Waals surface area contributed by atoms with Crippen LogP contribution < -0.4 is 4.74 Å². The van der Waals surface area contributed by atoms with Crippen LogP contribution in [0.1, 0.15) is 45.2 Å². The average molecular weight is 398 g/mol. The molecule has 0 aromatic heterocycles. The second kappa shape index (κ2) is 8.76. The molecule has 2 aliphatic rings. The van der Waals surface area contributed by atoms with E-state index in [-0.39, 0.29) is 18.1 Å². The number of amidine groups is 1. The van der Waals surface area contributed by atoms with E-state index in [0.717, 1.165) is 29.3 Å². The van der Waals surface area contributed by atoms with Crippen molar-refractivity contribution in [3.8, 4) is 5.75 Å². The maximum absolute atomic E-state index is 12.4. The van der Waals surface area contributed by atoms with Crippen molar-refractivity contribution in [1.82, 2.24) is 9.80 Å². The summed E-state index contributed by atoms with van der Waals surface area (Å²) in [6.07, 6.45) is 0.551. The Hall–Kier alpha value is -2.70. The molecule has 0 saturated carbocycles. The molecule has 1 amide bonds. The summed E-state index contributed by atoms with van der Waals surface area (Å²) < 4.78 is 5.79. The van der Waals surface area contributed by atoms with Gasteiger partial charge in [0.05, 0.1) is 24.1 Å². The fourth-order valence-electron chi connectivity index (χ4n) is 3.67. The number of aliphatic imine (C=N–C) groups is 2. The van der Waals surface area contributed by atoms with E-state index in [4.69, 9.17) is 10.1 Å². The molecule has 156 valence electrons. The molecule has 2 heterocycles. The van der Waals surface area contributed by atoms with Gasteiger partial charge in [0.2, 0.25) is 5.91 Å². The number of nitrogens with zero attached hydrogens (tertiary/aromatic N) is 4. The summed E-state index contributed by atoms with van der Waals surface area (Å²) in [6, 6.07) is 6.04. The quantitative estimate of drug-likeness (QED) is 0.776. The van der Waals surface area contributed by atoms with Crippen LogP contribution in [0.2, 0.25) is 0 Å². The molecule has 29 heavy (non-hydrogen) atoms. The first-order valence-electron chi connectivity index (χ1n) is 10.2. The number of nitrogens with one attached hydrogen (secondary N) is 1. The first kappa shape index (κ1) is 21.0. The first-order chi connectivity index (χ1) is 13.8. The predicted molar refractivity (Wildman–Crippen MR) is 117 cm³/mol. The van der Waals surface area contributed by atoms with Gasteiger partial charge in [-0.15, -0.1) is 0 Å². The molecule has 1 fully saturated rings. The van der Waals surface area contributed by atoms with Crippen molar-refractivity contribution in [3.05, 3.63) is 29.3 Å². The third kappa shape index (κ3) is 4.83. The van der Waals surface area contributed by atoms with Crippen LogP contribution in [0.15, 0.2) is 28.2 Å². The Labute approximate surface area is 173 Å². The van der Waals surface area contributed by atoms with Crippen LogP contribution in [0.3, 0.4) is 0 Å². The van der Waals surface area contributed by atoms with Gasteiger partial charge >= 0.3 is 0 Å². The van der Waals surface area contributed by atoms with Crippen LogP contribution in [0.4, 0.5) is 0 Å². The van der Waals surface area contributed by atoms with Gasteiger partial charge in [0.25, 0.3) is 0 Å². The smallest absolute Gasteiger partial charge is 0.242 e. The Kier molecular flexibility index (Phi) is 6.35. The van der Waals surface area contributed by atoms with Gasteiger partial charge in [0.15, 0.2) is 0 Å². The lowest BCUT2D eigenvalue weighted by molar-refractivity contribution is -0.136. The standard InChI is InChI=1S/C22H31N5O2/c1-14(2)27-9-8-26(12-21(27)28)20-11-19(24-13-25-20)22(23)18-10-17(29-15(3)4)7-6-16(18)5/h6-7,10,14-15,23H,8-9,11-13H2,1-5H3. The molecule has 3 rings (SSSR count). The summed E-state index contributed by atoms with van der Waals surface area (Å²) in [5.74, 6) is 1.73. The van der Waals surface area contributed by atoms with Gasteiger partial charge in [-0.3, -0.25) is 15.2 Å². The van der Waals surface area contributed by atoms with E-state index in [9.17, 15) is 4.79 Å². The number of hydrogen-bond donors (Lipinski definition) is 1. The van der Waals surface area contributed by atoms with Crippen molar-refractivity contribution < 1.29 is 9.53 Å². The molecule has 1 aromatic rings. The number of hydrogen-bond acceptors (Lipinski definition) is 6. The highest BCUT2D eigenvalue weighted by Crippen LogP contribution is 2.21. The highest BCUT2D eigenvalue weighted by molar-refractivity contribution is 6.50. The number of rotatable bonds is 5. The molecule has 1 N–H and O–H groups in total. The first-order valence-corrected chi connectivity index (χ1v) is 10.2. The number of benzene rings is 1. The summed E-state index contributed by atoms with van der Waals surface area (Å²) in [6.45, 7) is 12.1. The number of piperazine rings is 1. The van der Waals surface area contributed by atoms with Gasteiger partial charge in [-0.2, -0.15) is 0 Å². The molecular weight excluding hydrogens is 366 g/mol. The van der Waals surface area contributed by atoms with Crippen LogP contribution in [-0.2, 0) is 4.79 Å². The minimum Gasteiger partial charge on any atom is -0.491 e. The number of amides is 1. The average Bonchev–Trinajstić information content (AvgIpc) is 2.68. The molecule has 0 spiro atoms. The highest BCUT2D eigenvalue weighted by Gasteiger charge is 2.29. The molecule has 2 aliphatic heterocycles. The van der Waals surface area contributed by atoms with E-state index < -0.39 is 0 Å². The summed E-state index contributed by atoms with van der Waals surface area (Å²) in [5.41, 5.74) is 2.94. The van der Waals surface area contributed by atoms with E-state index in [0.29, 0.717) is 37.6 Å². The highest BCUT2D eigenvalue weighted by atomic mass is 16.5. The molecular formula is C22H31N5O2. The minimum absolute atomic E-state index is 0.0764. The molecule has 0 atom stereocenters. The number of carbonyl (C=O) groups is 1. The van der Waals surface area contributed by atoms with Crippen molar-refractivity contribution in [2.75, 3.05) is 26.3 Å². The van der Waals surface area contributed by atoms with Crippen LogP contribution in [0, 0.1) is 12.3 Å². The number of carbonyl (C=O) groups excluding carboxylic acids is 1. The van der Waals surface area contributed by atoms with Crippen molar-refractivity contribution in [1.29, 1.82) is 5.41 Å². The topological polar surface area (TPSA) is 81.3 Å². The largest absolute Gasteiger partial charge is 0.491 e. The van der Waals surface area contributed by atoms with Gasteiger partial charge < -0.3 is 14.5 Å². The van der Waals surface area contributed by atoms with Crippen molar-refractivity contribution in [2.24, 2.45) is 9.98 Å². The fraction of sp³-hybridized carbons (Fsp3) is 0.545. The molecule has 7 heteroatoms. The minimum atomic E-state index is 0.0764. The van der Waals surface area contributed by atoms with E-state index in [1.807, 2.05) is 62.6 Å². The third-order valence-corrected chi connectivity index (χ3v) is 5.22. The van der Waals surface area contributed by atoms with Crippen molar-refractivity contribution in [2.45, 2.75) is 53.2 Å². The van der Waals surface area contributed by atoms with Gasteiger partial charge in [-0.1, -0.05) is 6.07 Å². The molecule has 1 aromatic carbocycles. The number of aryl methyl sites for hydroxylation is 1. The molecule has 0 radical (unpaired) electrons. The molecule has 0 aliphatic carbocycles. The van der Waals surface area contributed by atoms with Crippen molar-refractivity contribution >= 4 is 23.2 Å². The van der Waals surface area contributed by atoms with Crippen LogP contribution in [0.5, 0.6) is 5.75 Å². The lowest BCUT2D eigenvalue weighted by Gasteiger charge is -2.38. The SMILES string of the molecule is Cc1ccc(OC(C)C)cc1C(=N)C1=NCN=C(N2CCN(C(C)C)C(=O)C2)C1. The maximum Gasteiger partial charge on any atom is 0.242 e. The van der Waals surface area contributed by atoms with E-state index in [1.54, 1.807) is 0 Å². The normalized spacial score (nSPS) is 17.6. The van der Waals surface area contributed by atoms with Gasteiger partial charge in [0.1, 0.15) is 18.3 Å². The van der Waals surface area contributed by atoms with Gasteiger partial charge in [-0.05, 0) is 52.3 Å². The summed E-state index contributed by atoms with van der Waals surface area (Å²) in [4.78, 5) is 25.4. The van der Waals surface area contributed by atoms with Crippen LogP contribution in [0.25, 0.3) is 0 Å². The lowest BCUT2D eigenvalue weighted by atomic mass is 9.97. The Balaban J connectivity index is 1.71. The zero-order valence-corrected chi connectivity index (χ0v) is 18.0. The molecule has 1 saturated heterocycles. The zero-order valence-electron chi connectivity index (χ0n) is 18.0. The van der Waals surface area contributed by atoms with Crippen molar-refractivity contribution in [3.63, 3.8) is 0 Å². The van der Waals surface area contributed by atoms with E-state index in [2.05, 4.69) is 9.98 Å². The third-order valence-electron chi connectivity index (χ3n) is 5.22. The molecule has 0 unspecified atom stereocenters. The van der Waals surface area contributed by atoms with Gasteiger partial charge in [0, 0.05) is 31.1 Å². The Morgan fingerprint density at radius 2 is 1.93 bits per heavy atom. The van der Waals surface area contributed by atoms with Gasteiger partial charge in [-0.25, -0.2) is 4.99 Å². The lowest BCUT2D eigenvalue weighted by Crippen LogP contribution is -2.54. The second-order valence-electron chi connectivity index (χ2n) is 8.12. The van der Waals surface area contributed by atoms with Crippen LogP contribution >= 0.6 is 0 Å². The fourth-order valence-corrected chi connectivity index (χ4v) is 3.67. The summed E-state index contributed by atoms with van der Waals surface area (Å²) in [7, 11) is 0. The summed E-state index contributed by atoms with van der Waals surface area (Å²) in [5, 5.41) is 8.74. The number of ether oxygens (including phenoxy) is 1. The zero-order chi connectivity index (χ0) is 21.1. The Morgan fingerprint density at radius 3 is 2.59 bits per heavy atom. The van der Waals surface area contributed by atoms with Crippen LogP contribution in [-0.4, -0.2) is 71.4 Å².